The van der Waals surface area contributed by atoms with E-state index in [0.29, 0.717) is 24.9 Å². The van der Waals surface area contributed by atoms with E-state index in [-0.39, 0.29) is 0 Å². The Morgan fingerprint density at radius 2 is 2.10 bits per heavy atom. The SMILES string of the molecule is Cn1cnc(CNCc2nnc(-c3ccccc3Br)o2)n1. The third-order valence-electron chi connectivity index (χ3n) is 2.78. The predicted molar refractivity (Wildman–Crippen MR) is 79.0 cm³/mol. The molecular formula is C13H13BrN6O. The molecule has 108 valence electrons. The number of hydrogen-bond donors (Lipinski definition) is 1. The fourth-order valence-electron chi connectivity index (χ4n) is 1.81. The first kappa shape index (κ1) is 13.9. The fourth-order valence-corrected chi connectivity index (χ4v) is 2.27. The molecule has 2 aromatic heterocycles. The number of benzene rings is 1. The molecule has 0 unspecified atom stereocenters. The molecule has 8 heteroatoms. The Bertz CT molecular complexity index is 738. The molecule has 2 heterocycles. The normalized spacial score (nSPS) is 11.0. The van der Waals surface area contributed by atoms with Gasteiger partial charge in [-0.15, -0.1) is 10.2 Å². The molecular weight excluding hydrogens is 336 g/mol. The molecule has 0 aliphatic carbocycles. The van der Waals surface area contributed by atoms with E-state index < -0.39 is 0 Å². The van der Waals surface area contributed by atoms with Gasteiger partial charge in [-0.2, -0.15) is 5.10 Å². The zero-order valence-corrected chi connectivity index (χ0v) is 12.9. The van der Waals surface area contributed by atoms with Crippen molar-refractivity contribution in [3.8, 4) is 11.5 Å². The van der Waals surface area contributed by atoms with Gasteiger partial charge in [0.25, 0.3) is 0 Å². The number of nitrogens with one attached hydrogen (secondary N) is 1. The molecule has 3 rings (SSSR count). The molecule has 0 radical (unpaired) electrons. The molecule has 1 N–H and O–H groups in total. The van der Waals surface area contributed by atoms with E-state index in [1.807, 2.05) is 31.3 Å². The van der Waals surface area contributed by atoms with Crippen LogP contribution in [0.4, 0.5) is 0 Å². The highest BCUT2D eigenvalue weighted by Crippen LogP contribution is 2.26. The molecule has 0 saturated carbocycles. The van der Waals surface area contributed by atoms with Gasteiger partial charge >= 0.3 is 0 Å². The van der Waals surface area contributed by atoms with E-state index in [4.69, 9.17) is 4.42 Å². The molecule has 0 aliphatic rings. The van der Waals surface area contributed by atoms with E-state index in [1.165, 1.54) is 0 Å². The Balaban J connectivity index is 1.62. The van der Waals surface area contributed by atoms with Gasteiger partial charge in [0.1, 0.15) is 6.33 Å². The van der Waals surface area contributed by atoms with Gasteiger partial charge in [0.05, 0.1) is 18.7 Å². The summed E-state index contributed by atoms with van der Waals surface area (Å²) in [5, 5.41) is 15.4. The van der Waals surface area contributed by atoms with Gasteiger partial charge in [0.15, 0.2) is 5.82 Å². The molecule has 0 atom stereocenters. The fraction of sp³-hybridized carbons (Fsp3) is 0.231. The van der Waals surface area contributed by atoms with Crippen molar-refractivity contribution in [1.29, 1.82) is 0 Å². The zero-order chi connectivity index (χ0) is 14.7. The van der Waals surface area contributed by atoms with Gasteiger partial charge in [-0.05, 0) is 28.1 Å². The minimum absolute atomic E-state index is 0.468. The maximum Gasteiger partial charge on any atom is 0.248 e. The summed E-state index contributed by atoms with van der Waals surface area (Å²) in [5.41, 5.74) is 0.877. The van der Waals surface area contributed by atoms with Crippen LogP contribution in [0, 0.1) is 0 Å². The molecule has 0 saturated heterocycles. The summed E-state index contributed by atoms with van der Waals surface area (Å²) in [4.78, 5) is 4.13. The van der Waals surface area contributed by atoms with Crippen LogP contribution in [-0.2, 0) is 20.1 Å². The van der Waals surface area contributed by atoms with Crippen LogP contribution in [-0.4, -0.2) is 25.0 Å². The molecule has 3 aromatic rings. The second-order valence-corrected chi connectivity index (χ2v) is 5.27. The second-order valence-electron chi connectivity index (χ2n) is 4.42. The summed E-state index contributed by atoms with van der Waals surface area (Å²) in [5.74, 6) is 1.75. The van der Waals surface area contributed by atoms with Gasteiger partial charge in [-0.1, -0.05) is 12.1 Å². The summed E-state index contributed by atoms with van der Waals surface area (Å²) in [6.45, 7) is 1.02. The smallest absolute Gasteiger partial charge is 0.248 e. The Labute approximate surface area is 129 Å². The number of halogens is 1. The van der Waals surface area contributed by atoms with Crippen LogP contribution >= 0.6 is 15.9 Å². The largest absolute Gasteiger partial charge is 0.419 e. The summed E-state index contributed by atoms with van der Waals surface area (Å²) in [6.07, 6.45) is 1.66. The Hall–Kier alpha value is -2.06. The van der Waals surface area contributed by atoms with E-state index in [0.717, 1.165) is 15.9 Å². The standard InChI is InChI=1S/C13H13BrN6O/c1-20-8-16-11(19-20)6-15-7-12-17-18-13(21-12)9-4-2-3-5-10(9)14/h2-5,8,15H,6-7H2,1H3. The molecule has 0 amide bonds. The third-order valence-corrected chi connectivity index (χ3v) is 3.47. The van der Waals surface area contributed by atoms with Crippen molar-refractivity contribution in [3.63, 3.8) is 0 Å². The molecule has 0 bridgehead atoms. The first-order valence-electron chi connectivity index (χ1n) is 6.35. The van der Waals surface area contributed by atoms with Gasteiger partial charge in [-0.25, -0.2) is 4.98 Å². The quantitative estimate of drug-likeness (QED) is 0.758. The van der Waals surface area contributed by atoms with Gasteiger partial charge < -0.3 is 9.73 Å². The molecule has 1 aromatic carbocycles. The monoisotopic (exact) mass is 348 g/mol. The van der Waals surface area contributed by atoms with Crippen molar-refractivity contribution in [1.82, 2.24) is 30.3 Å². The van der Waals surface area contributed by atoms with Crippen LogP contribution in [0.3, 0.4) is 0 Å². The summed E-state index contributed by atoms with van der Waals surface area (Å²) in [7, 11) is 1.83. The van der Waals surface area contributed by atoms with Crippen LogP contribution in [0.15, 0.2) is 39.5 Å². The van der Waals surface area contributed by atoms with Crippen LogP contribution in [0.1, 0.15) is 11.7 Å². The Morgan fingerprint density at radius 3 is 2.86 bits per heavy atom. The number of aromatic nitrogens is 5. The number of aryl methyl sites for hydroxylation is 1. The molecule has 0 fully saturated rings. The van der Waals surface area contributed by atoms with Crippen molar-refractivity contribution in [2.75, 3.05) is 0 Å². The number of hydrogen-bond acceptors (Lipinski definition) is 6. The highest BCUT2D eigenvalue weighted by Gasteiger charge is 2.11. The van der Waals surface area contributed by atoms with Gasteiger partial charge in [-0.3, -0.25) is 4.68 Å². The van der Waals surface area contributed by atoms with Crippen LogP contribution in [0.2, 0.25) is 0 Å². The van der Waals surface area contributed by atoms with Crippen LogP contribution in [0.5, 0.6) is 0 Å². The van der Waals surface area contributed by atoms with Crippen LogP contribution < -0.4 is 5.32 Å². The lowest BCUT2D eigenvalue weighted by atomic mass is 10.2. The van der Waals surface area contributed by atoms with Crippen LogP contribution in [0.25, 0.3) is 11.5 Å². The van der Waals surface area contributed by atoms with E-state index in [1.54, 1.807) is 11.0 Å². The third kappa shape index (κ3) is 3.34. The number of nitrogens with zero attached hydrogens (tertiary/aromatic N) is 5. The predicted octanol–water partition coefficient (Wildman–Crippen LogP) is 1.92. The minimum Gasteiger partial charge on any atom is -0.419 e. The van der Waals surface area contributed by atoms with Crippen molar-refractivity contribution in [3.05, 3.63) is 46.8 Å². The topological polar surface area (TPSA) is 81.7 Å². The summed E-state index contributed by atoms with van der Waals surface area (Å²) in [6, 6.07) is 7.72. The van der Waals surface area contributed by atoms with Gasteiger partial charge in [0.2, 0.25) is 11.8 Å². The Morgan fingerprint density at radius 1 is 1.24 bits per heavy atom. The van der Waals surface area contributed by atoms with Crippen molar-refractivity contribution >= 4 is 15.9 Å². The summed E-state index contributed by atoms with van der Waals surface area (Å²) >= 11 is 3.47. The maximum atomic E-state index is 5.63. The van der Waals surface area contributed by atoms with Crippen molar-refractivity contribution in [2.45, 2.75) is 13.1 Å². The highest BCUT2D eigenvalue weighted by atomic mass is 79.9. The van der Waals surface area contributed by atoms with E-state index in [2.05, 4.69) is 41.5 Å². The lowest BCUT2D eigenvalue weighted by Crippen LogP contribution is -2.14. The zero-order valence-electron chi connectivity index (χ0n) is 11.3. The first-order chi connectivity index (χ1) is 10.2. The molecule has 0 spiro atoms. The molecule has 0 aliphatic heterocycles. The highest BCUT2D eigenvalue weighted by molar-refractivity contribution is 9.10. The van der Waals surface area contributed by atoms with E-state index >= 15 is 0 Å². The maximum absolute atomic E-state index is 5.63. The summed E-state index contributed by atoms with van der Waals surface area (Å²) < 4.78 is 8.22. The Kier molecular flexibility index (Phi) is 4.07. The lowest BCUT2D eigenvalue weighted by Gasteiger charge is -1.98. The first-order valence-corrected chi connectivity index (χ1v) is 7.14. The van der Waals surface area contributed by atoms with Gasteiger partial charge in [0, 0.05) is 11.5 Å². The molecule has 7 nitrogen and oxygen atoms in total. The van der Waals surface area contributed by atoms with Crippen molar-refractivity contribution in [2.24, 2.45) is 7.05 Å². The number of rotatable bonds is 5. The second kappa shape index (κ2) is 6.15. The average Bonchev–Trinajstić information content (AvgIpc) is 3.09. The van der Waals surface area contributed by atoms with Crippen molar-refractivity contribution < 1.29 is 4.42 Å². The molecule has 21 heavy (non-hydrogen) atoms. The van der Waals surface area contributed by atoms with E-state index in [9.17, 15) is 0 Å². The average molecular weight is 349 g/mol. The lowest BCUT2D eigenvalue weighted by molar-refractivity contribution is 0.474. The minimum atomic E-state index is 0.468.